The summed E-state index contributed by atoms with van der Waals surface area (Å²) in [5, 5.41) is 0.103. The first kappa shape index (κ1) is 15.3. The molecule has 0 radical (unpaired) electrons. The Morgan fingerprint density at radius 1 is 1.53 bits per heavy atom. The van der Waals surface area contributed by atoms with Gasteiger partial charge in [-0.05, 0) is 47.7 Å². The van der Waals surface area contributed by atoms with Crippen LogP contribution in [0.25, 0.3) is 11.0 Å². The van der Waals surface area contributed by atoms with Gasteiger partial charge in [0.05, 0.1) is 11.0 Å². The van der Waals surface area contributed by atoms with E-state index in [2.05, 4.69) is 50.3 Å². The molecule has 3 nitrogen and oxygen atoms in total. The van der Waals surface area contributed by atoms with E-state index in [0.717, 1.165) is 23.3 Å². The molecule has 1 aromatic heterocycles. The number of benzene rings is 1. The minimum Gasteiger partial charge on any atom is -0.327 e. The number of alkyl halides is 1. The van der Waals surface area contributed by atoms with Crippen LogP contribution in [0.2, 0.25) is 0 Å². The normalized spacial score (nSPS) is 14.7. The molecule has 0 aliphatic rings. The zero-order valence-corrected chi connectivity index (χ0v) is 14.6. The highest BCUT2D eigenvalue weighted by molar-refractivity contribution is 14.1. The van der Waals surface area contributed by atoms with Crippen molar-refractivity contribution >= 4 is 56.0 Å². The van der Waals surface area contributed by atoms with Crippen LogP contribution in [0.4, 0.5) is 0 Å². The molecule has 6 heteroatoms. The fraction of sp³-hybridized carbons (Fsp3) is 0.462. The van der Waals surface area contributed by atoms with Gasteiger partial charge >= 0.3 is 0 Å². The van der Waals surface area contributed by atoms with Crippen LogP contribution in [-0.4, -0.2) is 31.1 Å². The van der Waals surface area contributed by atoms with Gasteiger partial charge in [-0.15, -0.1) is 11.6 Å². The average molecular weight is 411 g/mol. The molecule has 0 fully saturated rings. The Morgan fingerprint density at radius 3 is 2.89 bits per heavy atom. The summed E-state index contributed by atoms with van der Waals surface area (Å²) in [5.41, 5.74) is 2.08. The summed E-state index contributed by atoms with van der Waals surface area (Å²) in [7, 11) is -0.838. The first-order chi connectivity index (χ1) is 9.02. The number of hydrogen-bond acceptors (Lipinski definition) is 2. The molecule has 1 aromatic carbocycles. The summed E-state index contributed by atoms with van der Waals surface area (Å²) in [6, 6.07) is 6.21. The zero-order valence-electron chi connectivity index (χ0n) is 10.9. The highest BCUT2D eigenvalue weighted by Gasteiger charge is 2.15. The van der Waals surface area contributed by atoms with E-state index in [-0.39, 0.29) is 5.25 Å². The monoisotopic (exact) mass is 410 g/mol. The molecule has 0 aliphatic heterocycles. The fourth-order valence-corrected chi connectivity index (χ4v) is 3.00. The molecule has 0 amide bonds. The molecule has 0 saturated carbocycles. The van der Waals surface area contributed by atoms with E-state index >= 15 is 0 Å². The lowest BCUT2D eigenvalue weighted by Gasteiger charge is -2.13. The molecule has 2 unspecified atom stereocenters. The van der Waals surface area contributed by atoms with Gasteiger partial charge in [0.25, 0.3) is 0 Å². The molecule has 1 heterocycles. The summed E-state index contributed by atoms with van der Waals surface area (Å²) in [6.07, 6.45) is 2.48. The van der Waals surface area contributed by atoms with Crippen molar-refractivity contribution in [2.24, 2.45) is 0 Å². The molecule has 104 valence electrons. The van der Waals surface area contributed by atoms with Crippen molar-refractivity contribution in [1.29, 1.82) is 0 Å². The Kier molecular flexibility index (Phi) is 5.25. The first-order valence-electron chi connectivity index (χ1n) is 6.05. The minimum atomic E-state index is -0.838. The lowest BCUT2D eigenvalue weighted by atomic mass is 10.3. The number of fused-ring (bicyclic) bond motifs is 1. The van der Waals surface area contributed by atoms with Crippen LogP contribution in [0.15, 0.2) is 18.2 Å². The SMILES string of the molecule is CC(Cn1c(CCCl)nc2cc(I)ccc21)S(C)=O. The smallest absolute Gasteiger partial charge is 0.111 e. The van der Waals surface area contributed by atoms with Gasteiger partial charge in [0.1, 0.15) is 5.82 Å². The maximum atomic E-state index is 11.6. The van der Waals surface area contributed by atoms with Crippen molar-refractivity contribution in [3.63, 3.8) is 0 Å². The van der Waals surface area contributed by atoms with E-state index in [9.17, 15) is 4.21 Å². The zero-order chi connectivity index (χ0) is 14.0. The van der Waals surface area contributed by atoms with E-state index in [4.69, 9.17) is 11.6 Å². The topological polar surface area (TPSA) is 34.9 Å². The molecule has 0 bridgehead atoms. The summed E-state index contributed by atoms with van der Waals surface area (Å²) < 4.78 is 14.9. The second-order valence-electron chi connectivity index (χ2n) is 4.52. The van der Waals surface area contributed by atoms with Gasteiger partial charge in [-0.2, -0.15) is 0 Å². The highest BCUT2D eigenvalue weighted by Crippen LogP contribution is 2.20. The lowest BCUT2D eigenvalue weighted by molar-refractivity contribution is 0.635. The third kappa shape index (κ3) is 3.49. The molecule has 2 atom stereocenters. The first-order valence-corrected chi connectivity index (χ1v) is 9.29. The van der Waals surface area contributed by atoms with Crippen LogP contribution >= 0.6 is 34.2 Å². The molecular formula is C13H16ClIN2OS. The maximum Gasteiger partial charge on any atom is 0.111 e. The lowest BCUT2D eigenvalue weighted by Crippen LogP contribution is -2.19. The summed E-state index contributed by atoms with van der Waals surface area (Å²) in [4.78, 5) is 4.65. The molecule has 2 aromatic rings. The van der Waals surface area contributed by atoms with Crippen molar-refractivity contribution in [3.05, 3.63) is 27.6 Å². The van der Waals surface area contributed by atoms with Crippen LogP contribution in [0, 0.1) is 3.57 Å². The Morgan fingerprint density at radius 2 is 2.26 bits per heavy atom. The third-order valence-electron chi connectivity index (χ3n) is 3.11. The average Bonchev–Trinajstić information content (AvgIpc) is 2.67. The van der Waals surface area contributed by atoms with Crippen LogP contribution < -0.4 is 0 Å². The van der Waals surface area contributed by atoms with E-state index < -0.39 is 10.8 Å². The second-order valence-corrected chi connectivity index (χ2v) is 7.95. The molecule has 0 spiro atoms. The van der Waals surface area contributed by atoms with Crippen molar-refractivity contribution in [1.82, 2.24) is 9.55 Å². The van der Waals surface area contributed by atoms with Gasteiger partial charge in [-0.1, -0.05) is 0 Å². The van der Waals surface area contributed by atoms with Gasteiger partial charge in [-0.3, -0.25) is 4.21 Å². The highest BCUT2D eigenvalue weighted by atomic mass is 127. The summed E-state index contributed by atoms with van der Waals surface area (Å²) >= 11 is 8.13. The van der Waals surface area contributed by atoms with Crippen LogP contribution in [0.3, 0.4) is 0 Å². The molecule has 19 heavy (non-hydrogen) atoms. The number of nitrogens with zero attached hydrogens (tertiary/aromatic N) is 2. The van der Waals surface area contributed by atoms with Gasteiger partial charge in [0.15, 0.2) is 0 Å². The number of rotatable bonds is 5. The van der Waals surface area contributed by atoms with Crippen molar-refractivity contribution in [2.75, 3.05) is 12.1 Å². The third-order valence-corrected chi connectivity index (χ3v) is 5.26. The molecular weight excluding hydrogens is 395 g/mol. The molecule has 0 saturated heterocycles. The number of aromatic nitrogens is 2. The fourth-order valence-electron chi connectivity index (χ4n) is 1.99. The largest absolute Gasteiger partial charge is 0.327 e. The maximum absolute atomic E-state index is 11.6. The van der Waals surface area contributed by atoms with Gasteiger partial charge in [-0.25, -0.2) is 4.98 Å². The molecule has 0 aliphatic carbocycles. The van der Waals surface area contributed by atoms with Crippen molar-refractivity contribution in [2.45, 2.75) is 25.1 Å². The predicted molar refractivity (Wildman–Crippen MR) is 90.4 cm³/mol. The Balaban J connectivity index is 2.48. The van der Waals surface area contributed by atoms with E-state index in [1.54, 1.807) is 6.26 Å². The Labute approximate surface area is 134 Å². The van der Waals surface area contributed by atoms with E-state index in [0.29, 0.717) is 12.4 Å². The van der Waals surface area contributed by atoms with Gasteiger partial charge < -0.3 is 4.57 Å². The van der Waals surface area contributed by atoms with Crippen molar-refractivity contribution < 1.29 is 4.21 Å². The van der Waals surface area contributed by atoms with Crippen LogP contribution in [-0.2, 0) is 23.8 Å². The molecule has 2 rings (SSSR count). The summed E-state index contributed by atoms with van der Waals surface area (Å²) in [5.74, 6) is 1.52. The van der Waals surface area contributed by atoms with Crippen molar-refractivity contribution in [3.8, 4) is 0 Å². The van der Waals surface area contributed by atoms with E-state index in [1.807, 2.05) is 6.92 Å². The minimum absolute atomic E-state index is 0.103. The Bertz CT molecular complexity index is 614. The molecule has 0 N–H and O–H groups in total. The number of imidazole rings is 1. The number of halogens is 2. The number of hydrogen-bond donors (Lipinski definition) is 0. The second kappa shape index (κ2) is 6.54. The van der Waals surface area contributed by atoms with Crippen LogP contribution in [0.5, 0.6) is 0 Å². The van der Waals surface area contributed by atoms with Gasteiger partial charge in [0.2, 0.25) is 0 Å². The summed E-state index contributed by atoms with van der Waals surface area (Å²) in [6.45, 7) is 2.71. The quantitative estimate of drug-likeness (QED) is 0.560. The van der Waals surface area contributed by atoms with Crippen LogP contribution in [0.1, 0.15) is 12.7 Å². The standard InChI is InChI=1S/C13H16ClIN2OS/c1-9(19(2)18)8-17-12-4-3-10(15)7-11(12)16-13(17)5-6-14/h3-4,7,9H,5-6,8H2,1-2H3. The van der Waals surface area contributed by atoms with Gasteiger partial charge in [0, 0.05) is 44.7 Å². The Hall–Kier alpha value is -0.140. The predicted octanol–water partition coefficient (Wildman–Crippen LogP) is 3.19. The van der Waals surface area contributed by atoms with E-state index in [1.165, 1.54) is 3.57 Å². The number of aryl methyl sites for hydroxylation is 1.